The summed E-state index contributed by atoms with van der Waals surface area (Å²) in [6, 6.07) is 4.99. The number of benzene rings is 1. The van der Waals surface area contributed by atoms with Crippen molar-refractivity contribution >= 4 is 22.9 Å². The SMILES string of the molecule is CCCC(=O)N1CCN(C(=O)c2ccc3oc(=O)n(C)c3c2)CC1. The van der Waals surface area contributed by atoms with Gasteiger partial charge in [0.1, 0.15) is 0 Å². The summed E-state index contributed by atoms with van der Waals surface area (Å²) in [6.45, 7) is 4.16. The largest absolute Gasteiger partial charge is 0.419 e. The van der Waals surface area contributed by atoms with Gasteiger partial charge in [-0.25, -0.2) is 4.79 Å². The molecule has 2 heterocycles. The molecule has 0 aliphatic carbocycles. The summed E-state index contributed by atoms with van der Waals surface area (Å²) in [4.78, 5) is 39.7. The molecule has 0 N–H and O–H groups in total. The molecule has 1 aliphatic heterocycles. The smallest absolute Gasteiger partial charge is 0.408 e. The Bertz CT molecular complexity index is 828. The van der Waals surface area contributed by atoms with E-state index in [-0.39, 0.29) is 11.8 Å². The number of hydrogen-bond donors (Lipinski definition) is 0. The van der Waals surface area contributed by atoms with E-state index in [4.69, 9.17) is 4.42 Å². The lowest BCUT2D eigenvalue weighted by Crippen LogP contribution is -2.50. The van der Waals surface area contributed by atoms with Gasteiger partial charge in [-0.15, -0.1) is 0 Å². The Kier molecular flexibility index (Phi) is 4.42. The first-order valence-electron chi connectivity index (χ1n) is 8.18. The Balaban J connectivity index is 1.72. The first kappa shape index (κ1) is 16.3. The minimum absolute atomic E-state index is 0.0897. The highest BCUT2D eigenvalue weighted by Gasteiger charge is 2.24. The van der Waals surface area contributed by atoms with Crippen LogP contribution in [0.2, 0.25) is 0 Å². The second-order valence-corrected chi connectivity index (χ2v) is 6.03. The molecule has 1 fully saturated rings. The van der Waals surface area contributed by atoms with E-state index in [1.165, 1.54) is 4.57 Å². The van der Waals surface area contributed by atoms with E-state index in [9.17, 15) is 14.4 Å². The molecule has 2 aromatic rings. The first-order valence-corrected chi connectivity index (χ1v) is 8.18. The van der Waals surface area contributed by atoms with Gasteiger partial charge in [-0.1, -0.05) is 6.92 Å². The molecule has 0 radical (unpaired) electrons. The molecule has 128 valence electrons. The van der Waals surface area contributed by atoms with Crippen LogP contribution in [0.15, 0.2) is 27.4 Å². The van der Waals surface area contributed by atoms with E-state index in [1.807, 2.05) is 11.8 Å². The third-order valence-corrected chi connectivity index (χ3v) is 4.42. The van der Waals surface area contributed by atoms with E-state index < -0.39 is 5.76 Å². The van der Waals surface area contributed by atoms with Crippen LogP contribution in [0.5, 0.6) is 0 Å². The zero-order valence-corrected chi connectivity index (χ0v) is 13.9. The monoisotopic (exact) mass is 331 g/mol. The van der Waals surface area contributed by atoms with Gasteiger partial charge < -0.3 is 14.2 Å². The highest BCUT2D eigenvalue weighted by atomic mass is 16.4. The molecule has 3 rings (SSSR count). The summed E-state index contributed by atoms with van der Waals surface area (Å²) < 4.78 is 6.46. The molecule has 1 saturated heterocycles. The number of aryl methyl sites for hydroxylation is 1. The fraction of sp³-hybridized carbons (Fsp3) is 0.471. The van der Waals surface area contributed by atoms with Crippen LogP contribution in [-0.4, -0.2) is 52.4 Å². The molecule has 7 nitrogen and oxygen atoms in total. The summed E-state index contributed by atoms with van der Waals surface area (Å²) in [7, 11) is 1.61. The van der Waals surface area contributed by atoms with E-state index in [2.05, 4.69) is 0 Å². The Labute approximate surface area is 139 Å². The third-order valence-electron chi connectivity index (χ3n) is 4.42. The van der Waals surface area contributed by atoms with Gasteiger partial charge in [0.15, 0.2) is 5.58 Å². The van der Waals surface area contributed by atoms with Crippen LogP contribution < -0.4 is 5.76 Å². The van der Waals surface area contributed by atoms with Crippen molar-refractivity contribution in [2.75, 3.05) is 26.2 Å². The van der Waals surface area contributed by atoms with Gasteiger partial charge in [-0.2, -0.15) is 0 Å². The average Bonchev–Trinajstić information content (AvgIpc) is 2.88. The number of fused-ring (bicyclic) bond motifs is 1. The minimum Gasteiger partial charge on any atom is -0.408 e. The number of aromatic nitrogens is 1. The maximum atomic E-state index is 12.7. The van der Waals surface area contributed by atoms with Crippen LogP contribution in [0.3, 0.4) is 0 Å². The third kappa shape index (κ3) is 2.93. The molecule has 7 heteroatoms. The molecule has 1 aliphatic rings. The van der Waals surface area contributed by atoms with Crippen molar-refractivity contribution in [1.29, 1.82) is 0 Å². The number of amides is 2. The van der Waals surface area contributed by atoms with E-state index >= 15 is 0 Å². The highest BCUT2D eigenvalue weighted by Crippen LogP contribution is 2.17. The number of carbonyl (C=O) groups is 2. The van der Waals surface area contributed by atoms with Gasteiger partial charge in [-0.05, 0) is 24.6 Å². The van der Waals surface area contributed by atoms with Gasteiger partial charge in [-0.3, -0.25) is 14.2 Å². The molecule has 1 aromatic heterocycles. The van der Waals surface area contributed by atoms with E-state index in [0.717, 1.165) is 6.42 Å². The quantitative estimate of drug-likeness (QED) is 0.847. The maximum absolute atomic E-state index is 12.7. The molecular weight excluding hydrogens is 310 g/mol. The summed E-state index contributed by atoms with van der Waals surface area (Å²) in [5, 5.41) is 0. The van der Waals surface area contributed by atoms with Crippen LogP contribution in [0.1, 0.15) is 30.1 Å². The van der Waals surface area contributed by atoms with Crippen LogP contribution in [0.4, 0.5) is 0 Å². The normalized spacial score (nSPS) is 15.1. The molecule has 1 aromatic carbocycles. The van der Waals surface area contributed by atoms with Gasteiger partial charge in [0.2, 0.25) is 5.91 Å². The second kappa shape index (κ2) is 6.51. The lowest BCUT2D eigenvalue weighted by molar-refractivity contribution is -0.132. The number of oxazole rings is 1. The minimum atomic E-state index is -0.447. The van der Waals surface area contributed by atoms with Gasteiger partial charge in [0, 0.05) is 45.2 Å². The number of piperazine rings is 1. The van der Waals surface area contributed by atoms with Crippen LogP contribution >= 0.6 is 0 Å². The highest BCUT2D eigenvalue weighted by molar-refractivity contribution is 5.97. The summed E-state index contributed by atoms with van der Waals surface area (Å²) >= 11 is 0. The number of nitrogens with zero attached hydrogens (tertiary/aromatic N) is 3. The van der Waals surface area contributed by atoms with Gasteiger partial charge in [0.25, 0.3) is 5.91 Å². The molecule has 24 heavy (non-hydrogen) atoms. The Hall–Kier alpha value is -2.57. The van der Waals surface area contributed by atoms with E-state index in [0.29, 0.717) is 49.3 Å². The Morgan fingerprint density at radius 1 is 1.12 bits per heavy atom. The Morgan fingerprint density at radius 3 is 2.46 bits per heavy atom. The molecule has 0 saturated carbocycles. The predicted molar refractivity (Wildman–Crippen MR) is 88.8 cm³/mol. The van der Waals surface area contributed by atoms with Crippen LogP contribution in [0.25, 0.3) is 11.1 Å². The topological polar surface area (TPSA) is 75.8 Å². The molecule has 2 amide bonds. The molecule has 0 spiro atoms. The summed E-state index contributed by atoms with van der Waals surface area (Å²) in [5.41, 5.74) is 1.59. The van der Waals surface area contributed by atoms with Crippen molar-refractivity contribution in [3.05, 3.63) is 34.3 Å². The summed E-state index contributed by atoms with van der Waals surface area (Å²) in [6.07, 6.45) is 1.39. The van der Waals surface area contributed by atoms with Gasteiger partial charge in [0.05, 0.1) is 5.52 Å². The average molecular weight is 331 g/mol. The molecular formula is C17H21N3O4. The van der Waals surface area contributed by atoms with Crippen molar-refractivity contribution in [2.45, 2.75) is 19.8 Å². The van der Waals surface area contributed by atoms with E-state index in [1.54, 1.807) is 30.1 Å². The van der Waals surface area contributed by atoms with Gasteiger partial charge >= 0.3 is 5.76 Å². The van der Waals surface area contributed by atoms with Crippen LogP contribution in [-0.2, 0) is 11.8 Å². The maximum Gasteiger partial charge on any atom is 0.419 e. The van der Waals surface area contributed by atoms with Crippen molar-refractivity contribution in [3.63, 3.8) is 0 Å². The van der Waals surface area contributed by atoms with Crippen molar-refractivity contribution in [1.82, 2.24) is 14.4 Å². The number of hydrogen-bond acceptors (Lipinski definition) is 4. The first-order chi connectivity index (χ1) is 11.5. The Morgan fingerprint density at radius 2 is 1.79 bits per heavy atom. The molecule has 0 unspecified atom stereocenters. The molecule has 0 atom stereocenters. The zero-order chi connectivity index (χ0) is 17.3. The van der Waals surface area contributed by atoms with Crippen molar-refractivity contribution in [3.8, 4) is 0 Å². The fourth-order valence-corrected chi connectivity index (χ4v) is 2.97. The zero-order valence-electron chi connectivity index (χ0n) is 13.9. The lowest BCUT2D eigenvalue weighted by atomic mass is 10.1. The molecule has 0 bridgehead atoms. The lowest BCUT2D eigenvalue weighted by Gasteiger charge is -2.34. The van der Waals surface area contributed by atoms with Crippen LogP contribution in [0, 0.1) is 0 Å². The second-order valence-electron chi connectivity index (χ2n) is 6.03. The predicted octanol–water partition coefficient (Wildman–Crippen LogP) is 1.22. The summed E-state index contributed by atoms with van der Waals surface area (Å²) in [5.74, 6) is -0.384. The standard InChI is InChI=1S/C17H21N3O4/c1-3-4-15(21)19-7-9-20(10-8-19)16(22)12-5-6-14-13(11-12)18(2)17(23)24-14/h5-6,11H,3-4,7-10H2,1-2H3. The van der Waals surface area contributed by atoms with Crippen molar-refractivity contribution < 1.29 is 14.0 Å². The fourth-order valence-electron chi connectivity index (χ4n) is 2.97. The number of carbonyl (C=O) groups excluding carboxylic acids is 2. The van der Waals surface area contributed by atoms with Crippen molar-refractivity contribution in [2.24, 2.45) is 7.05 Å². The number of rotatable bonds is 3.